The van der Waals surface area contributed by atoms with Gasteiger partial charge in [0.15, 0.2) is 0 Å². The standard InChI is InChI=1S/C15H15BrN2O2/c1-15(2,11-3-5-12(16)6-4-11)18-14(20)10-7-8-17-13(19)9-10/h3-9H,1-2H3,(H,17,19)(H,18,20). The molecular weight excluding hydrogens is 320 g/mol. The number of aromatic amines is 1. The fraction of sp³-hybridized carbons (Fsp3) is 0.200. The lowest BCUT2D eigenvalue weighted by atomic mass is 9.94. The maximum Gasteiger partial charge on any atom is 0.252 e. The molecule has 0 aliphatic heterocycles. The van der Waals surface area contributed by atoms with Crippen LogP contribution in [0.25, 0.3) is 0 Å². The molecule has 0 saturated carbocycles. The van der Waals surface area contributed by atoms with Crippen molar-refractivity contribution < 1.29 is 4.79 Å². The number of hydrogen-bond acceptors (Lipinski definition) is 2. The summed E-state index contributed by atoms with van der Waals surface area (Å²) in [6.07, 6.45) is 1.46. The molecule has 0 aliphatic rings. The molecule has 2 N–H and O–H groups in total. The third kappa shape index (κ3) is 3.36. The van der Waals surface area contributed by atoms with Crippen LogP contribution >= 0.6 is 15.9 Å². The van der Waals surface area contributed by atoms with E-state index in [1.54, 1.807) is 6.07 Å². The number of carbonyl (C=O) groups is 1. The second kappa shape index (κ2) is 5.63. The zero-order chi connectivity index (χ0) is 14.8. The number of H-pyrrole nitrogens is 1. The summed E-state index contributed by atoms with van der Waals surface area (Å²) >= 11 is 3.38. The minimum atomic E-state index is -0.527. The van der Waals surface area contributed by atoms with Crippen molar-refractivity contribution >= 4 is 21.8 Å². The lowest BCUT2D eigenvalue weighted by Crippen LogP contribution is -2.41. The summed E-state index contributed by atoms with van der Waals surface area (Å²) < 4.78 is 0.984. The Morgan fingerprint density at radius 2 is 1.85 bits per heavy atom. The Labute approximate surface area is 125 Å². The van der Waals surface area contributed by atoms with Crippen LogP contribution in [0.3, 0.4) is 0 Å². The van der Waals surface area contributed by atoms with Crippen molar-refractivity contribution in [2.45, 2.75) is 19.4 Å². The highest BCUT2D eigenvalue weighted by molar-refractivity contribution is 9.10. The monoisotopic (exact) mass is 334 g/mol. The minimum Gasteiger partial charge on any atom is -0.343 e. The Morgan fingerprint density at radius 3 is 2.45 bits per heavy atom. The molecule has 0 bridgehead atoms. The van der Waals surface area contributed by atoms with Crippen LogP contribution in [0.5, 0.6) is 0 Å². The summed E-state index contributed by atoms with van der Waals surface area (Å²) in [4.78, 5) is 25.9. The van der Waals surface area contributed by atoms with Crippen LogP contribution in [0, 0.1) is 0 Å². The second-order valence-electron chi connectivity index (χ2n) is 5.03. The molecule has 0 atom stereocenters. The molecule has 2 rings (SSSR count). The highest BCUT2D eigenvalue weighted by Gasteiger charge is 2.23. The van der Waals surface area contributed by atoms with Crippen molar-refractivity contribution in [3.05, 3.63) is 68.5 Å². The van der Waals surface area contributed by atoms with Gasteiger partial charge in [-0.05, 0) is 37.6 Å². The first kappa shape index (κ1) is 14.5. The molecule has 4 nitrogen and oxygen atoms in total. The molecule has 1 aromatic heterocycles. The van der Waals surface area contributed by atoms with Crippen LogP contribution in [0.15, 0.2) is 51.9 Å². The van der Waals surface area contributed by atoms with Crippen LogP contribution in [-0.4, -0.2) is 10.9 Å². The van der Waals surface area contributed by atoms with Crippen LogP contribution in [0.2, 0.25) is 0 Å². The van der Waals surface area contributed by atoms with Gasteiger partial charge in [0, 0.05) is 22.3 Å². The Balaban J connectivity index is 2.21. The number of aromatic nitrogens is 1. The zero-order valence-corrected chi connectivity index (χ0v) is 12.8. The van der Waals surface area contributed by atoms with Gasteiger partial charge in [-0.2, -0.15) is 0 Å². The van der Waals surface area contributed by atoms with E-state index in [1.165, 1.54) is 12.3 Å². The van der Waals surface area contributed by atoms with Gasteiger partial charge >= 0.3 is 0 Å². The van der Waals surface area contributed by atoms with Crippen LogP contribution in [0.4, 0.5) is 0 Å². The van der Waals surface area contributed by atoms with Crippen molar-refractivity contribution in [1.29, 1.82) is 0 Å². The van der Waals surface area contributed by atoms with Crippen LogP contribution in [-0.2, 0) is 5.54 Å². The van der Waals surface area contributed by atoms with Gasteiger partial charge in [-0.1, -0.05) is 28.1 Å². The molecule has 2 aromatic rings. The molecule has 1 amide bonds. The van der Waals surface area contributed by atoms with Gasteiger partial charge < -0.3 is 10.3 Å². The fourth-order valence-corrected chi connectivity index (χ4v) is 2.14. The van der Waals surface area contributed by atoms with E-state index in [2.05, 4.69) is 26.2 Å². The maximum absolute atomic E-state index is 12.2. The first-order chi connectivity index (χ1) is 9.38. The predicted molar refractivity (Wildman–Crippen MR) is 81.7 cm³/mol. The van der Waals surface area contributed by atoms with Gasteiger partial charge in [-0.3, -0.25) is 9.59 Å². The number of benzene rings is 1. The van der Waals surface area contributed by atoms with Gasteiger partial charge in [0.1, 0.15) is 0 Å². The third-order valence-corrected chi connectivity index (χ3v) is 3.56. The van der Waals surface area contributed by atoms with E-state index in [0.29, 0.717) is 5.56 Å². The number of nitrogens with one attached hydrogen (secondary N) is 2. The Bertz CT molecular complexity index is 675. The van der Waals surface area contributed by atoms with Gasteiger partial charge in [0.25, 0.3) is 5.91 Å². The maximum atomic E-state index is 12.2. The molecule has 0 spiro atoms. The number of pyridine rings is 1. The lowest BCUT2D eigenvalue weighted by molar-refractivity contribution is 0.0912. The summed E-state index contributed by atoms with van der Waals surface area (Å²) in [5.41, 5.74) is 0.511. The third-order valence-electron chi connectivity index (χ3n) is 3.03. The van der Waals surface area contributed by atoms with E-state index in [4.69, 9.17) is 0 Å². The highest BCUT2D eigenvalue weighted by atomic mass is 79.9. The number of rotatable bonds is 3. The zero-order valence-electron chi connectivity index (χ0n) is 11.2. The number of amides is 1. The number of halogens is 1. The van der Waals surface area contributed by atoms with Crippen LogP contribution < -0.4 is 10.9 Å². The average molecular weight is 335 g/mol. The molecule has 0 saturated heterocycles. The molecule has 1 aromatic carbocycles. The molecule has 0 aliphatic carbocycles. The van der Waals surface area contributed by atoms with Crippen molar-refractivity contribution in [1.82, 2.24) is 10.3 Å². The Morgan fingerprint density at radius 1 is 1.20 bits per heavy atom. The number of hydrogen-bond donors (Lipinski definition) is 2. The van der Waals surface area contributed by atoms with E-state index in [0.717, 1.165) is 10.0 Å². The fourth-order valence-electron chi connectivity index (χ4n) is 1.88. The molecule has 5 heteroatoms. The molecular formula is C15H15BrN2O2. The summed E-state index contributed by atoms with van der Waals surface area (Å²) in [5.74, 6) is -0.274. The first-order valence-electron chi connectivity index (χ1n) is 6.16. The summed E-state index contributed by atoms with van der Waals surface area (Å²) in [6.45, 7) is 3.84. The summed E-state index contributed by atoms with van der Waals surface area (Å²) in [6, 6.07) is 10.6. The van der Waals surface area contributed by atoms with E-state index in [-0.39, 0.29) is 11.5 Å². The smallest absolute Gasteiger partial charge is 0.252 e. The summed E-state index contributed by atoms with van der Waals surface area (Å²) in [5, 5.41) is 2.93. The lowest BCUT2D eigenvalue weighted by Gasteiger charge is -2.27. The number of carbonyl (C=O) groups excluding carboxylic acids is 1. The predicted octanol–water partition coefficient (Wildman–Crippen LogP) is 2.80. The highest BCUT2D eigenvalue weighted by Crippen LogP contribution is 2.22. The van der Waals surface area contributed by atoms with Gasteiger partial charge in [-0.25, -0.2) is 0 Å². The molecule has 104 valence electrons. The second-order valence-corrected chi connectivity index (χ2v) is 5.94. The largest absolute Gasteiger partial charge is 0.343 e. The molecule has 1 heterocycles. The van der Waals surface area contributed by atoms with Crippen molar-refractivity contribution in [2.24, 2.45) is 0 Å². The topological polar surface area (TPSA) is 62.0 Å². The molecule has 20 heavy (non-hydrogen) atoms. The van der Waals surface area contributed by atoms with Gasteiger partial charge in [0.05, 0.1) is 5.54 Å². The molecule has 0 radical (unpaired) electrons. The van der Waals surface area contributed by atoms with E-state index >= 15 is 0 Å². The van der Waals surface area contributed by atoms with E-state index in [9.17, 15) is 9.59 Å². The average Bonchev–Trinajstić information content (AvgIpc) is 2.38. The van der Waals surface area contributed by atoms with Crippen molar-refractivity contribution in [2.75, 3.05) is 0 Å². The van der Waals surface area contributed by atoms with Crippen molar-refractivity contribution in [3.8, 4) is 0 Å². The Kier molecular flexibility index (Phi) is 4.09. The van der Waals surface area contributed by atoms with Crippen molar-refractivity contribution in [3.63, 3.8) is 0 Å². The minimum absolute atomic E-state index is 0.274. The quantitative estimate of drug-likeness (QED) is 0.906. The first-order valence-corrected chi connectivity index (χ1v) is 6.95. The van der Waals surface area contributed by atoms with Crippen LogP contribution in [0.1, 0.15) is 29.8 Å². The van der Waals surface area contributed by atoms with E-state index < -0.39 is 5.54 Å². The van der Waals surface area contributed by atoms with Gasteiger partial charge in [-0.15, -0.1) is 0 Å². The Hall–Kier alpha value is -1.88. The van der Waals surface area contributed by atoms with Gasteiger partial charge in [0.2, 0.25) is 5.56 Å². The normalized spacial score (nSPS) is 11.2. The molecule has 0 fully saturated rings. The summed E-state index contributed by atoms with van der Waals surface area (Å²) in [7, 11) is 0. The van der Waals surface area contributed by atoms with E-state index in [1.807, 2.05) is 38.1 Å². The SMILES string of the molecule is CC(C)(NC(=O)c1cc[nH]c(=O)c1)c1ccc(Br)cc1. The molecule has 0 unspecified atom stereocenters.